The number of nitrogens with zero attached hydrogens (tertiary/aromatic N) is 2. The van der Waals surface area contributed by atoms with Crippen molar-refractivity contribution in [3.05, 3.63) is 47.5 Å². The lowest BCUT2D eigenvalue weighted by atomic mass is 10.2. The summed E-state index contributed by atoms with van der Waals surface area (Å²) in [6.45, 7) is 7.52. The number of carbonyl (C=O) groups excluding carboxylic acids is 1. The molecule has 1 aromatic carbocycles. The van der Waals surface area contributed by atoms with Crippen molar-refractivity contribution in [3.8, 4) is 5.75 Å². The molecule has 0 aliphatic carbocycles. The van der Waals surface area contributed by atoms with Crippen molar-refractivity contribution < 1.29 is 9.53 Å². The topological polar surface area (TPSA) is 64.1 Å². The summed E-state index contributed by atoms with van der Waals surface area (Å²) >= 11 is 0. The Balaban J connectivity index is 2.08. The van der Waals surface area contributed by atoms with Gasteiger partial charge in [0.25, 0.3) is 5.91 Å². The van der Waals surface area contributed by atoms with Crippen molar-refractivity contribution in [2.45, 2.75) is 33.8 Å². The fourth-order valence-electron chi connectivity index (χ4n) is 1.89. The average molecular weight is 285 g/mol. The van der Waals surface area contributed by atoms with Gasteiger partial charge in [0, 0.05) is 11.9 Å². The Hall–Kier alpha value is -2.43. The van der Waals surface area contributed by atoms with Gasteiger partial charge in [0.2, 0.25) is 0 Å². The molecule has 1 amide bonds. The normalized spacial score (nSPS) is 10.5. The number of nitrogens with one attached hydrogen (secondary N) is 1. The fourth-order valence-corrected chi connectivity index (χ4v) is 1.89. The Morgan fingerprint density at radius 1 is 1.19 bits per heavy atom. The second kappa shape index (κ2) is 6.35. The molecule has 0 saturated heterocycles. The summed E-state index contributed by atoms with van der Waals surface area (Å²) in [6, 6.07) is 7.27. The van der Waals surface area contributed by atoms with E-state index in [1.54, 1.807) is 32.2 Å². The highest BCUT2D eigenvalue weighted by Crippen LogP contribution is 2.18. The number of ether oxygens (including phenoxy) is 1. The fraction of sp³-hybridized carbons (Fsp3) is 0.312. The first-order chi connectivity index (χ1) is 9.95. The lowest BCUT2D eigenvalue weighted by molar-refractivity contribution is 0.102. The summed E-state index contributed by atoms with van der Waals surface area (Å²) in [5, 5.41) is 2.82. The van der Waals surface area contributed by atoms with E-state index in [9.17, 15) is 4.79 Å². The Kier molecular flexibility index (Phi) is 4.52. The third-order valence-corrected chi connectivity index (χ3v) is 2.83. The SMILES string of the molecule is Cc1ncc(C(=O)Nc2ccc(OC(C)C)cc2)c(C)n1. The van der Waals surface area contributed by atoms with E-state index in [-0.39, 0.29) is 12.0 Å². The molecule has 0 radical (unpaired) electrons. The van der Waals surface area contributed by atoms with Crippen LogP contribution in [0.2, 0.25) is 0 Å². The number of benzene rings is 1. The Labute approximate surface area is 124 Å². The smallest absolute Gasteiger partial charge is 0.259 e. The molecule has 0 spiro atoms. The van der Waals surface area contributed by atoms with E-state index in [1.165, 1.54) is 0 Å². The third kappa shape index (κ3) is 4.02. The van der Waals surface area contributed by atoms with Gasteiger partial charge in [0.05, 0.1) is 17.4 Å². The van der Waals surface area contributed by atoms with E-state index >= 15 is 0 Å². The van der Waals surface area contributed by atoms with Crippen LogP contribution in [0.4, 0.5) is 5.69 Å². The molecular formula is C16H19N3O2. The van der Waals surface area contributed by atoms with Crippen LogP contribution in [0.5, 0.6) is 5.75 Å². The molecule has 1 aromatic heterocycles. The van der Waals surface area contributed by atoms with Crippen LogP contribution in [0.1, 0.15) is 35.7 Å². The summed E-state index contributed by atoms with van der Waals surface area (Å²) in [7, 11) is 0. The molecule has 0 aliphatic rings. The monoisotopic (exact) mass is 285 g/mol. The van der Waals surface area contributed by atoms with Gasteiger partial charge >= 0.3 is 0 Å². The molecule has 0 unspecified atom stereocenters. The molecule has 2 rings (SSSR count). The molecule has 0 fully saturated rings. The average Bonchev–Trinajstić information content (AvgIpc) is 2.40. The molecule has 0 saturated carbocycles. The Morgan fingerprint density at radius 3 is 2.43 bits per heavy atom. The zero-order valence-corrected chi connectivity index (χ0v) is 12.7. The van der Waals surface area contributed by atoms with Crippen molar-refractivity contribution >= 4 is 11.6 Å². The first kappa shape index (κ1) is 15.0. The lowest BCUT2D eigenvalue weighted by Crippen LogP contribution is -2.15. The van der Waals surface area contributed by atoms with Gasteiger partial charge in [-0.2, -0.15) is 0 Å². The number of hydrogen-bond donors (Lipinski definition) is 1. The Morgan fingerprint density at radius 2 is 1.86 bits per heavy atom. The van der Waals surface area contributed by atoms with E-state index < -0.39 is 0 Å². The molecule has 110 valence electrons. The molecule has 1 heterocycles. The van der Waals surface area contributed by atoms with Crippen molar-refractivity contribution in [1.82, 2.24) is 9.97 Å². The Bertz CT molecular complexity index is 636. The molecular weight excluding hydrogens is 266 g/mol. The molecule has 0 aliphatic heterocycles. The summed E-state index contributed by atoms with van der Waals surface area (Å²) < 4.78 is 5.56. The van der Waals surface area contributed by atoms with E-state index in [4.69, 9.17) is 4.74 Å². The number of amides is 1. The van der Waals surface area contributed by atoms with Gasteiger partial charge in [-0.25, -0.2) is 9.97 Å². The molecule has 0 bridgehead atoms. The van der Waals surface area contributed by atoms with Crippen molar-refractivity contribution in [1.29, 1.82) is 0 Å². The maximum absolute atomic E-state index is 12.2. The number of aryl methyl sites for hydroxylation is 2. The molecule has 2 aromatic rings. The zero-order chi connectivity index (χ0) is 15.4. The first-order valence-electron chi connectivity index (χ1n) is 6.84. The van der Waals surface area contributed by atoms with Crippen LogP contribution in [0, 0.1) is 13.8 Å². The first-order valence-corrected chi connectivity index (χ1v) is 6.84. The van der Waals surface area contributed by atoms with Gasteiger partial charge in [0.1, 0.15) is 11.6 Å². The number of anilines is 1. The highest BCUT2D eigenvalue weighted by Gasteiger charge is 2.11. The minimum Gasteiger partial charge on any atom is -0.491 e. The highest BCUT2D eigenvalue weighted by molar-refractivity contribution is 6.04. The number of carbonyl (C=O) groups is 1. The minimum atomic E-state index is -0.218. The maximum atomic E-state index is 12.2. The number of rotatable bonds is 4. The quantitative estimate of drug-likeness (QED) is 0.937. The minimum absolute atomic E-state index is 0.123. The number of hydrogen-bond acceptors (Lipinski definition) is 4. The van der Waals surface area contributed by atoms with Crippen molar-refractivity contribution in [3.63, 3.8) is 0 Å². The van der Waals surface area contributed by atoms with Gasteiger partial charge in [-0.1, -0.05) is 0 Å². The van der Waals surface area contributed by atoms with Crippen LogP contribution < -0.4 is 10.1 Å². The van der Waals surface area contributed by atoms with E-state index in [2.05, 4.69) is 15.3 Å². The summed E-state index contributed by atoms with van der Waals surface area (Å²) in [4.78, 5) is 20.4. The molecule has 5 heteroatoms. The van der Waals surface area contributed by atoms with Crippen LogP contribution in [-0.2, 0) is 0 Å². The predicted octanol–water partition coefficient (Wildman–Crippen LogP) is 3.13. The van der Waals surface area contributed by atoms with Crippen LogP contribution in [0.25, 0.3) is 0 Å². The van der Waals surface area contributed by atoms with Crippen LogP contribution in [-0.4, -0.2) is 22.0 Å². The lowest BCUT2D eigenvalue weighted by Gasteiger charge is -2.11. The van der Waals surface area contributed by atoms with E-state index in [0.717, 1.165) is 5.75 Å². The standard InChI is InChI=1S/C16H19N3O2/c1-10(2)21-14-7-5-13(6-8-14)19-16(20)15-9-17-12(4)18-11(15)3/h5-10H,1-4H3,(H,19,20). The molecule has 1 N–H and O–H groups in total. The van der Waals surface area contributed by atoms with Gasteiger partial charge < -0.3 is 10.1 Å². The zero-order valence-electron chi connectivity index (χ0n) is 12.7. The maximum Gasteiger partial charge on any atom is 0.259 e. The largest absolute Gasteiger partial charge is 0.491 e. The summed E-state index contributed by atoms with van der Waals surface area (Å²) in [5.74, 6) is 1.21. The highest BCUT2D eigenvalue weighted by atomic mass is 16.5. The van der Waals surface area contributed by atoms with E-state index in [0.29, 0.717) is 22.8 Å². The van der Waals surface area contributed by atoms with Gasteiger partial charge in [-0.05, 0) is 52.0 Å². The van der Waals surface area contributed by atoms with Gasteiger partial charge in [-0.3, -0.25) is 4.79 Å². The van der Waals surface area contributed by atoms with Crippen molar-refractivity contribution in [2.24, 2.45) is 0 Å². The van der Waals surface area contributed by atoms with E-state index in [1.807, 2.05) is 26.0 Å². The van der Waals surface area contributed by atoms with Crippen LogP contribution in [0.15, 0.2) is 30.5 Å². The second-order valence-corrected chi connectivity index (χ2v) is 5.06. The number of aromatic nitrogens is 2. The molecule has 5 nitrogen and oxygen atoms in total. The van der Waals surface area contributed by atoms with Crippen LogP contribution >= 0.6 is 0 Å². The van der Waals surface area contributed by atoms with Gasteiger partial charge in [-0.15, -0.1) is 0 Å². The molecule has 21 heavy (non-hydrogen) atoms. The summed E-state index contributed by atoms with van der Waals surface area (Å²) in [6.07, 6.45) is 1.67. The van der Waals surface area contributed by atoms with Crippen LogP contribution in [0.3, 0.4) is 0 Å². The third-order valence-electron chi connectivity index (χ3n) is 2.83. The van der Waals surface area contributed by atoms with Gasteiger partial charge in [0.15, 0.2) is 0 Å². The van der Waals surface area contributed by atoms with Crippen molar-refractivity contribution in [2.75, 3.05) is 5.32 Å². The summed E-state index contributed by atoms with van der Waals surface area (Å²) in [5.41, 5.74) is 1.85. The molecule has 0 atom stereocenters. The predicted molar refractivity (Wildman–Crippen MR) is 81.7 cm³/mol. The second-order valence-electron chi connectivity index (χ2n) is 5.06.